The fourth-order valence-corrected chi connectivity index (χ4v) is 3.06. The smallest absolute Gasteiger partial charge is 0.0721 e. The van der Waals surface area contributed by atoms with Gasteiger partial charge in [0.1, 0.15) is 0 Å². The lowest BCUT2D eigenvalue weighted by Gasteiger charge is -2.27. The van der Waals surface area contributed by atoms with Gasteiger partial charge in [0.15, 0.2) is 0 Å². The fraction of sp³-hybridized carbons (Fsp3) is 0.474. The highest BCUT2D eigenvalue weighted by molar-refractivity contribution is 5.25. The topological polar surface area (TPSA) is 9.23 Å². The van der Waals surface area contributed by atoms with Crippen molar-refractivity contribution in [3.63, 3.8) is 0 Å². The molecule has 0 atom stereocenters. The molecule has 0 unspecified atom stereocenters. The van der Waals surface area contributed by atoms with E-state index in [4.69, 9.17) is 4.74 Å². The van der Waals surface area contributed by atoms with E-state index < -0.39 is 0 Å². The van der Waals surface area contributed by atoms with Gasteiger partial charge < -0.3 is 4.74 Å². The highest BCUT2D eigenvalue weighted by atomic mass is 16.5. The maximum atomic E-state index is 5.47. The molecule has 2 rings (SSSR count). The Hall–Kier alpha value is -1.34. The Balaban J connectivity index is 1.86. The number of benzene rings is 1. The molecule has 1 nitrogen and oxygen atoms in total. The Morgan fingerprint density at radius 3 is 2.45 bits per heavy atom. The van der Waals surface area contributed by atoms with Crippen LogP contribution in [0.2, 0.25) is 0 Å². The Morgan fingerprint density at radius 2 is 1.85 bits per heavy atom. The van der Waals surface area contributed by atoms with Crippen molar-refractivity contribution in [3.8, 4) is 0 Å². The molecule has 1 aliphatic rings. The van der Waals surface area contributed by atoms with Crippen LogP contribution in [0.1, 0.15) is 49.7 Å². The molecule has 0 heterocycles. The van der Waals surface area contributed by atoms with Crippen molar-refractivity contribution in [2.75, 3.05) is 6.61 Å². The van der Waals surface area contributed by atoms with Gasteiger partial charge in [-0.2, -0.15) is 0 Å². The molecule has 1 heteroatoms. The van der Waals surface area contributed by atoms with E-state index in [1.165, 1.54) is 36.8 Å². The van der Waals surface area contributed by atoms with Gasteiger partial charge in [-0.1, -0.05) is 42.5 Å². The van der Waals surface area contributed by atoms with E-state index in [2.05, 4.69) is 49.9 Å². The largest absolute Gasteiger partial charge is 0.373 e. The zero-order valence-electron chi connectivity index (χ0n) is 12.6. The first-order valence-electron chi connectivity index (χ1n) is 7.73. The number of allylic oxidation sites excluding steroid dienone is 2. The van der Waals surface area contributed by atoms with Crippen LogP contribution in [0, 0.1) is 5.92 Å². The first kappa shape index (κ1) is 15.1. The molecule has 0 saturated heterocycles. The van der Waals surface area contributed by atoms with E-state index in [0.29, 0.717) is 13.2 Å². The third-order valence-electron chi connectivity index (χ3n) is 4.19. The second-order valence-corrected chi connectivity index (χ2v) is 5.68. The molecule has 0 bridgehead atoms. The van der Waals surface area contributed by atoms with Gasteiger partial charge in [-0.25, -0.2) is 0 Å². The van der Waals surface area contributed by atoms with Gasteiger partial charge in [0.05, 0.1) is 13.2 Å². The van der Waals surface area contributed by atoms with Gasteiger partial charge >= 0.3 is 0 Å². The Morgan fingerprint density at radius 1 is 1.15 bits per heavy atom. The van der Waals surface area contributed by atoms with E-state index in [1.807, 2.05) is 0 Å². The minimum atomic E-state index is 0.622. The molecule has 0 aromatic heterocycles. The van der Waals surface area contributed by atoms with E-state index >= 15 is 0 Å². The second kappa shape index (κ2) is 8.06. The molecule has 1 aromatic carbocycles. The molecule has 0 radical (unpaired) electrons. The molecular weight excluding hydrogens is 244 g/mol. The zero-order chi connectivity index (χ0) is 14.2. The molecule has 1 saturated carbocycles. The van der Waals surface area contributed by atoms with Crippen LogP contribution >= 0.6 is 0 Å². The van der Waals surface area contributed by atoms with E-state index in [9.17, 15) is 0 Å². The van der Waals surface area contributed by atoms with Crippen LogP contribution < -0.4 is 0 Å². The maximum Gasteiger partial charge on any atom is 0.0721 e. The summed E-state index contributed by atoms with van der Waals surface area (Å²) in [6, 6.07) is 8.98. The van der Waals surface area contributed by atoms with Crippen molar-refractivity contribution in [1.29, 1.82) is 0 Å². The van der Waals surface area contributed by atoms with Gasteiger partial charge in [0.25, 0.3) is 0 Å². The van der Waals surface area contributed by atoms with Crippen LogP contribution in [0.15, 0.2) is 49.1 Å². The van der Waals surface area contributed by atoms with Crippen molar-refractivity contribution in [2.24, 2.45) is 5.92 Å². The third kappa shape index (κ3) is 4.35. The summed E-state index contributed by atoms with van der Waals surface area (Å²) in [5.41, 5.74) is 2.75. The molecule has 0 aliphatic heterocycles. The normalized spacial score (nSPS) is 23.1. The van der Waals surface area contributed by atoms with Gasteiger partial charge in [-0.15, -0.1) is 6.58 Å². The summed E-state index contributed by atoms with van der Waals surface area (Å²) in [6.45, 7) is 7.08. The molecule has 0 N–H and O–H groups in total. The van der Waals surface area contributed by atoms with Gasteiger partial charge in [-0.3, -0.25) is 0 Å². The SMILES string of the molecule is C=CCOCc1ccc(C2CCC(/C=C/C)CC2)cc1. The predicted molar refractivity (Wildman–Crippen MR) is 85.8 cm³/mol. The van der Waals surface area contributed by atoms with Gasteiger partial charge in [0, 0.05) is 0 Å². The molecule has 20 heavy (non-hydrogen) atoms. The van der Waals surface area contributed by atoms with E-state index in [0.717, 1.165) is 11.8 Å². The van der Waals surface area contributed by atoms with Crippen LogP contribution in [0.4, 0.5) is 0 Å². The molecule has 0 amide bonds. The molecule has 0 spiro atoms. The number of rotatable bonds is 6. The second-order valence-electron chi connectivity index (χ2n) is 5.68. The van der Waals surface area contributed by atoms with Crippen molar-refractivity contribution >= 4 is 0 Å². The summed E-state index contributed by atoms with van der Waals surface area (Å²) in [5, 5.41) is 0. The first-order chi connectivity index (χ1) is 9.83. The van der Waals surface area contributed by atoms with Crippen LogP contribution in [0.25, 0.3) is 0 Å². The van der Waals surface area contributed by atoms with Crippen LogP contribution in [-0.2, 0) is 11.3 Å². The van der Waals surface area contributed by atoms with Crippen LogP contribution in [0.5, 0.6) is 0 Å². The summed E-state index contributed by atoms with van der Waals surface area (Å²) in [7, 11) is 0. The maximum absolute atomic E-state index is 5.47. The average molecular weight is 270 g/mol. The number of ether oxygens (including phenoxy) is 1. The van der Waals surface area contributed by atoms with Crippen molar-refractivity contribution in [2.45, 2.75) is 45.1 Å². The van der Waals surface area contributed by atoms with E-state index in [1.54, 1.807) is 6.08 Å². The predicted octanol–water partition coefficient (Wildman–Crippen LogP) is 5.24. The average Bonchev–Trinajstić information content (AvgIpc) is 2.49. The van der Waals surface area contributed by atoms with Crippen LogP contribution in [-0.4, -0.2) is 6.61 Å². The molecule has 108 valence electrons. The monoisotopic (exact) mass is 270 g/mol. The summed E-state index contributed by atoms with van der Waals surface area (Å²) in [6.07, 6.45) is 11.7. The van der Waals surface area contributed by atoms with E-state index in [-0.39, 0.29) is 0 Å². The molecular formula is C19H26O. The Bertz CT molecular complexity index is 422. The highest BCUT2D eigenvalue weighted by Crippen LogP contribution is 2.36. The van der Waals surface area contributed by atoms with Gasteiger partial charge in [0.2, 0.25) is 0 Å². The summed E-state index contributed by atoms with van der Waals surface area (Å²) in [5.74, 6) is 1.56. The molecule has 1 aromatic rings. The summed E-state index contributed by atoms with van der Waals surface area (Å²) in [4.78, 5) is 0. The zero-order valence-corrected chi connectivity index (χ0v) is 12.6. The van der Waals surface area contributed by atoms with Crippen molar-refractivity contribution in [1.82, 2.24) is 0 Å². The van der Waals surface area contributed by atoms with Crippen molar-refractivity contribution in [3.05, 3.63) is 60.2 Å². The lowest BCUT2D eigenvalue weighted by molar-refractivity contribution is 0.149. The number of hydrogen-bond donors (Lipinski definition) is 0. The fourth-order valence-electron chi connectivity index (χ4n) is 3.06. The quantitative estimate of drug-likeness (QED) is 0.507. The number of hydrogen-bond acceptors (Lipinski definition) is 1. The third-order valence-corrected chi connectivity index (χ3v) is 4.19. The Labute approximate surface area is 123 Å². The van der Waals surface area contributed by atoms with Gasteiger partial charge in [-0.05, 0) is 55.6 Å². The molecule has 1 aliphatic carbocycles. The summed E-state index contributed by atoms with van der Waals surface area (Å²) >= 11 is 0. The Kier molecular flexibility index (Phi) is 6.07. The highest BCUT2D eigenvalue weighted by Gasteiger charge is 2.20. The molecule has 1 fully saturated rings. The van der Waals surface area contributed by atoms with Crippen molar-refractivity contribution < 1.29 is 4.74 Å². The first-order valence-corrected chi connectivity index (χ1v) is 7.73. The lowest BCUT2D eigenvalue weighted by Crippen LogP contribution is -2.11. The van der Waals surface area contributed by atoms with Crippen LogP contribution in [0.3, 0.4) is 0 Å². The summed E-state index contributed by atoms with van der Waals surface area (Å²) < 4.78 is 5.47. The lowest BCUT2D eigenvalue weighted by atomic mass is 9.78. The standard InChI is InChI=1S/C19H26O/c1-3-5-16-6-10-18(11-7-16)19-12-8-17(9-13-19)15-20-14-4-2/h3-5,8-9,12-13,16,18H,2,6-7,10-11,14-15H2,1H3/b5-3+. The minimum absolute atomic E-state index is 0.622. The minimum Gasteiger partial charge on any atom is -0.373 e.